The third-order valence-electron chi connectivity index (χ3n) is 9.97. The summed E-state index contributed by atoms with van der Waals surface area (Å²) in [6.07, 6.45) is -0.389. The van der Waals surface area contributed by atoms with E-state index >= 15 is 0 Å². The van der Waals surface area contributed by atoms with Crippen molar-refractivity contribution in [3.05, 3.63) is 46.8 Å². The van der Waals surface area contributed by atoms with Crippen LogP contribution in [0.5, 0.6) is 0 Å². The highest BCUT2D eigenvalue weighted by molar-refractivity contribution is 7.91. The number of allylic oxidation sites excluding steroid dienone is 2. The van der Waals surface area contributed by atoms with E-state index in [1.807, 2.05) is 0 Å². The standard InChI is InChI=1S/C37H50FN5O10S/c1-7-23-17-37(23,33(47)41-54(50,51)26-12-13-26)40-31(45)30-16-25(52-35(49)42-18-22-9-8-10-28(38)27(22)20-42)19-43(30)32(46)29(14-11-24(44)15-21(2)3)39-34(48)53-36(4,5)6/h8-10,15,23,25-26,29-30H,7,11-14,16-20H2,1-6H3,(H,39,48)(H,40,45)(H,41,47)/t23-,25?,29+,30?,37-/m1/s1. The number of hydrogen-bond acceptors (Lipinski definition) is 10. The van der Waals surface area contributed by atoms with Crippen LogP contribution in [-0.2, 0) is 51.8 Å². The minimum atomic E-state index is -3.93. The van der Waals surface area contributed by atoms with E-state index in [9.17, 15) is 41.6 Å². The topological polar surface area (TPSA) is 198 Å². The van der Waals surface area contributed by atoms with Crippen LogP contribution in [0.2, 0.25) is 0 Å². The van der Waals surface area contributed by atoms with Crippen LogP contribution in [0.3, 0.4) is 0 Å². The summed E-state index contributed by atoms with van der Waals surface area (Å²) in [5.41, 5.74) is -0.760. The van der Waals surface area contributed by atoms with Crippen molar-refractivity contribution in [1.82, 2.24) is 25.2 Å². The molecule has 296 valence electrons. The highest BCUT2D eigenvalue weighted by atomic mass is 32.2. The van der Waals surface area contributed by atoms with Gasteiger partial charge < -0.3 is 25.0 Å². The van der Waals surface area contributed by atoms with Crippen molar-refractivity contribution in [1.29, 1.82) is 0 Å². The van der Waals surface area contributed by atoms with E-state index in [4.69, 9.17) is 9.47 Å². The van der Waals surface area contributed by atoms with Crippen LogP contribution in [0.25, 0.3) is 0 Å². The van der Waals surface area contributed by atoms with E-state index in [-0.39, 0.29) is 57.0 Å². The fourth-order valence-corrected chi connectivity index (χ4v) is 8.35. The first kappa shape index (κ1) is 40.6. The van der Waals surface area contributed by atoms with Crippen LogP contribution in [0.4, 0.5) is 14.0 Å². The molecule has 2 aliphatic carbocycles. The Morgan fingerprint density at radius 2 is 1.80 bits per heavy atom. The number of nitrogens with one attached hydrogen (secondary N) is 3. The van der Waals surface area contributed by atoms with Crippen LogP contribution in [0, 0.1) is 11.7 Å². The number of ether oxygens (including phenoxy) is 2. The van der Waals surface area contributed by atoms with Crippen molar-refractivity contribution in [2.45, 2.75) is 134 Å². The fraction of sp³-hybridized carbons (Fsp3) is 0.622. The smallest absolute Gasteiger partial charge is 0.410 e. The van der Waals surface area contributed by atoms with Gasteiger partial charge in [-0.3, -0.25) is 28.8 Å². The molecule has 1 aromatic carbocycles. The van der Waals surface area contributed by atoms with E-state index < -0.39 is 80.3 Å². The molecule has 5 rings (SSSR count). The van der Waals surface area contributed by atoms with Crippen LogP contribution >= 0.6 is 0 Å². The minimum Gasteiger partial charge on any atom is -0.444 e. The summed E-state index contributed by atoms with van der Waals surface area (Å²) < 4.78 is 53.1. The molecule has 0 spiro atoms. The zero-order valence-electron chi connectivity index (χ0n) is 31.5. The number of benzene rings is 1. The number of carbonyl (C=O) groups is 6. The average Bonchev–Trinajstić information content (AvgIpc) is 3.96. The van der Waals surface area contributed by atoms with Gasteiger partial charge in [0.25, 0.3) is 5.91 Å². The SMILES string of the molecule is CC[C@@H]1C[C@]1(NC(=O)C1CC(OC(=O)N2Cc3cccc(F)c3C2)CN1C(=O)[C@H](CCC(=O)C=C(C)C)NC(=O)OC(C)(C)C)C(=O)NS(=O)(=O)C1CC1. The molecule has 5 amide bonds. The Balaban J connectivity index is 1.39. The summed E-state index contributed by atoms with van der Waals surface area (Å²) in [6.45, 7) is 9.95. The average molecular weight is 776 g/mol. The Morgan fingerprint density at radius 1 is 1.09 bits per heavy atom. The number of carbonyl (C=O) groups excluding carboxylic acids is 6. The normalized spacial score (nSPS) is 23.8. The van der Waals surface area contributed by atoms with E-state index in [0.717, 1.165) is 10.5 Å². The molecule has 2 unspecified atom stereocenters. The summed E-state index contributed by atoms with van der Waals surface area (Å²) >= 11 is 0. The number of sulfonamides is 1. The predicted octanol–water partition coefficient (Wildman–Crippen LogP) is 3.35. The van der Waals surface area contributed by atoms with Crippen LogP contribution < -0.4 is 15.4 Å². The number of fused-ring (bicyclic) bond motifs is 1. The first-order chi connectivity index (χ1) is 25.2. The van der Waals surface area contributed by atoms with Gasteiger partial charge in [-0.15, -0.1) is 0 Å². The molecule has 4 aliphatic rings. The molecule has 2 saturated carbocycles. The maximum absolute atomic E-state index is 14.4. The summed E-state index contributed by atoms with van der Waals surface area (Å²) in [6, 6.07) is 1.86. The molecule has 0 radical (unpaired) electrons. The number of ketones is 1. The molecule has 5 atom stereocenters. The lowest BCUT2D eigenvalue weighted by Gasteiger charge is -2.30. The highest BCUT2D eigenvalue weighted by Crippen LogP contribution is 2.47. The second kappa shape index (κ2) is 15.7. The lowest BCUT2D eigenvalue weighted by Crippen LogP contribution is -2.58. The largest absolute Gasteiger partial charge is 0.444 e. The van der Waals surface area contributed by atoms with Gasteiger partial charge in [0.1, 0.15) is 35.1 Å². The van der Waals surface area contributed by atoms with Gasteiger partial charge in [-0.25, -0.2) is 22.4 Å². The zero-order chi connectivity index (χ0) is 39.7. The first-order valence-corrected chi connectivity index (χ1v) is 19.8. The molecule has 2 heterocycles. The molecule has 17 heteroatoms. The number of rotatable bonds is 13. The van der Waals surface area contributed by atoms with Crippen LogP contribution in [0.15, 0.2) is 29.8 Å². The zero-order valence-corrected chi connectivity index (χ0v) is 32.3. The lowest BCUT2D eigenvalue weighted by atomic mass is 10.0. The Bertz CT molecular complexity index is 1840. The van der Waals surface area contributed by atoms with E-state index in [1.54, 1.807) is 53.7 Å². The molecule has 1 aromatic rings. The highest BCUT2D eigenvalue weighted by Gasteiger charge is 2.62. The first-order valence-electron chi connectivity index (χ1n) is 18.3. The maximum atomic E-state index is 14.4. The summed E-state index contributed by atoms with van der Waals surface area (Å²) in [4.78, 5) is 83.4. The second-order valence-corrected chi connectivity index (χ2v) is 17.8. The second-order valence-electron chi connectivity index (χ2n) is 15.9. The van der Waals surface area contributed by atoms with Gasteiger partial charge in [-0.1, -0.05) is 31.1 Å². The Hall–Kier alpha value is -4.54. The Labute approximate surface area is 314 Å². The molecule has 0 aromatic heterocycles. The van der Waals surface area contributed by atoms with Crippen molar-refractivity contribution in [2.24, 2.45) is 5.92 Å². The van der Waals surface area contributed by atoms with Gasteiger partial charge in [-0.2, -0.15) is 0 Å². The van der Waals surface area contributed by atoms with Gasteiger partial charge in [0.2, 0.25) is 21.8 Å². The number of alkyl carbamates (subject to hydrolysis) is 1. The van der Waals surface area contributed by atoms with Gasteiger partial charge in [0.05, 0.1) is 18.3 Å². The number of hydrogen-bond donors (Lipinski definition) is 3. The molecule has 3 N–H and O–H groups in total. The van der Waals surface area contributed by atoms with E-state index in [1.165, 1.54) is 17.0 Å². The molecular formula is C37H50FN5O10S. The van der Waals surface area contributed by atoms with Crippen molar-refractivity contribution in [3.8, 4) is 0 Å². The van der Waals surface area contributed by atoms with E-state index in [2.05, 4.69) is 15.4 Å². The van der Waals surface area contributed by atoms with Gasteiger partial charge in [0.15, 0.2) is 5.78 Å². The minimum absolute atomic E-state index is 0.0402. The lowest BCUT2D eigenvalue weighted by molar-refractivity contribution is -0.141. The third kappa shape index (κ3) is 9.57. The predicted molar refractivity (Wildman–Crippen MR) is 192 cm³/mol. The Kier molecular flexibility index (Phi) is 11.8. The molecule has 15 nitrogen and oxygen atoms in total. The van der Waals surface area contributed by atoms with Gasteiger partial charge in [0, 0.05) is 24.9 Å². The van der Waals surface area contributed by atoms with E-state index in [0.29, 0.717) is 30.4 Å². The fourth-order valence-electron chi connectivity index (χ4n) is 6.99. The van der Waals surface area contributed by atoms with Crippen molar-refractivity contribution in [3.63, 3.8) is 0 Å². The number of halogens is 1. The van der Waals surface area contributed by atoms with Crippen molar-refractivity contribution in [2.75, 3.05) is 6.54 Å². The monoisotopic (exact) mass is 775 g/mol. The number of likely N-dealkylation sites (tertiary alicyclic amines) is 1. The van der Waals surface area contributed by atoms with Gasteiger partial charge >= 0.3 is 12.2 Å². The molecule has 54 heavy (non-hydrogen) atoms. The molecule has 0 bridgehead atoms. The Morgan fingerprint density at radius 3 is 2.39 bits per heavy atom. The van der Waals surface area contributed by atoms with Crippen molar-refractivity contribution >= 4 is 45.7 Å². The molecular weight excluding hydrogens is 725 g/mol. The maximum Gasteiger partial charge on any atom is 0.410 e. The summed E-state index contributed by atoms with van der Waals surface area (Å²) in [5.74, 6) is -3.55. The third-order valence-corrected chi connectivity index (χ3v) is 11.8. The number of amides is 5. The quantitative estimate of drug-likeness (QED) is 0.250. The van der Waals surface area contributed by atoms with Gasteiger partial charge in [-0.05, 0) is 83.9 Å². The number of nitrogens with zero attached hydrogens (tertiary/aromatic N) is 2. The molecule has 1 saturated heterocycles. The molecule has 2 aliphatic heterocycles. The molecule has 3 fully saturated rings. The van der Waals surface area contributed by atoms with Crippen LogP contribution in [-0.4, -0.2) is 95.0 Å². The van der Waals surface area contributed by atoms with Crippen LogP contribution in [0.1, 0.15) is 97.6 Å². The van der Waals surface area contributed by atoms with Crippen molar-refractivity contribution < 1.29 is 51.0 Å². The summed E-state index contributed by atoms with van der Waals surface area (Å²) in [5, 5.41) is 4.59. The summed E-state index contributed by atoms with van der Waals surface area (Å²) in [7, 11) is -3.93.